The summed E-state index contributed by atoms with van der Waals surface area (Å²) in [4.78, 5) is 32.5. The zero-order chi connectivity index (χ0) is 22.2. The van der Waals surface area contributed by atoms with E-state index in [0.29, 0.717) is 12.3 Å². The van der Waals surface area contributed by atoms with Crippen molar-refractivity contribution in [3.63, 3.8) is 0 Å². The highest BCUT2D eigenvalue weighted by Crippen LogP contribution is 2.23. The lowest BCUT2D eigenvalue weighted by Crippen LogP contribution is -2.47. The Bertz CT molecular complexity index is 1200. The van der Waals surface area contributed by atoms with Gasteiger partial charge in [-0.15, -0.1) is 11.6 Å². The van der Waals surface area contributed by atoms with Crippen molar-refractivity contribution in [3.8, 4) is 5.82 Å². The van der Waals surface area contributed by atoms with Gasteiger partial charge in [-0.2, -0.15) is 13.2 Å². The van der Waals surface area contributed by atoms with Crippen LogP contribution in [-0.4, -0.2) is 38.5 Å². The van der Waals surface area contributed by atoms with Crippen LogP contribution in [0.4, 0.5) is 22.0 Å². The van der Waals surface area contributed by atoms with Gasteiger partial charge in [0.2, 0.25) is 5.43 Å². The average molecular weight is 467 g/mol. The number of alkyl halides is 4. The SMILES string of the molecule is O=C(N[C@@H](CCl)C(F)(F)F)c1cn(-c2ncc(F)cc2F)c2nc(Cl)ccc2c1=O. The van der Waals surface area contributed by atoms with Gasteiger partial charge in [0, 0.05) is 12.3 Å². The van der Waals surface area contributed by atoms with Gasteiger partial charge >= 0.3 is 6.18 Å². The number of pyridine rings is 3. The molecule has 3 aromatic heterocycles. The number of halogens is 7. The molecule has 0 aliphatic rings. The van der Waals surface area contributed by atoms with E-state index in [2.05, 4.69) is 9.97 Å². The Morgan fingerprint density at radius 3 is 2.57 bits per heavy atom. The molecule has 3 rings (SSSR count). The number of hydrogen-bond donors (Lipinski definition) is 1. The molecule has 0 aliphatic heterocycles. The summed E-state index contributed by atoms with van der Waals surface area (Å²) < 4.78 is 67.1. The summed E-state index contributed by atoms with van der Waals surface area (Å²) in [6.45, 7) is 0. The van der Waals surface area contributed by atoms with Crippen LogP contribution in [0.25, 0.3) is 16.9 Å². The van der Waals surface area contributed by atoms with Crippen molar-refractivity contribution < 1.29 is 26.7 Å². The monoisotopic (exact) mass is 466 g/mol. The number of hydrogen-bond acceptors (Lipinski definition) is 4. The largest absolute Gasteiger partial charge is 0.409 e. The predicted molar refractivity (Wildman–Crippen MR) is 98.1 cm³/mol. The van der Waals surface area contributed by atoms with Gasteiger partial charge in [0.15, 0.2) is 17.3 Å². The van der Waals surface area contributed by atoms with Crippen molar-refractivity contribution in [2.75, 3.05) is 5.88 Å². The molecule has 0 unspecified atom stereocenters. The minimum Gasteiger partial charge on any atom is -0.339 e. The lowest BCUT2D eigenvalue weighted by molar-refractivity contribution is -0.148. The molecular weight excluding hydrogens is 458 g/mol. The summed E-state index contributed by atoms with van der Waals surface area (Å²) in [5.74, 6) is -5.14. The van der Waals surface area contributed by atoms with Crippen LogP contribution in [0.1, 0.15) is 10.4 Å². The molecular formula is C17H9Cl2F5N4O2. The molecule has 1 amide bonds. The first-order valence-electron chi connectivity index (χ1n) is 7.99. The summed E-state index contributed by atoms with van der Waals surface area (Å²) in [6, 6.07) is 0.413. The molecule has 0 aromatic carbocycles. The number of rotatable bonds is 4. The predicted octanol–water partition coefficient (Wildman–Crippen LogP) is 3.61. The van der Waals surface area contributed by atoms with Gasteiger partial charge in [0.25, 0.3) is 5.91 Å². The third-order valence-electron chi connectivity index (χ3n) is 3.93. The van der Waals surface area contributed by atoms with Crippen molar-refractivity contribution in [2.45, 2.75) is 12.2 Å². The highest BCUT2D eigenvalue weighted by Gasteiger charge is 2.40. The summed E-state index contributed by atoms with van der Waals surface area (Å²) in [5.41, 5.74) is -2.00. The Kier molecular flexibility index (Phi) is 5.95. The Morgan fingerprint density at radius 2 is 1.97 bits per heavy atom. The number of nitrogens with zero attached hydrogens (tertiary/aromatic N) is 3. The summed E-state index contributed by atoms with van der Waals surface area (Å²) >= 11 is 11.1. The van der Waals surface area contributed by atoms with Crippen LogP contribution in [0.15, 0.2) is 35.4 Å². The van der Waals surface area contributed by atoms with Gasteiger partial charge in [-0.3, -0.25) is 14.2 Å². The standard InChI is InChI=1S/C17H9Cl2F5N4O2/c18-4-11(17(22,23)24)26-16(30)9-6-28(15-10(21)3-7(20)5-25-15)14-8(13(9)29)1-2-12(19)27-14/h1-3,5-6,11H,4H2,(H,26,30)/t11-/m0/s1. The molecule has 13 heteroatoms. The van der Waals surface area contributed by atoms with Gasteiger partial charge in [-0.05, 0) is 12.1 Å². The number of amides is 1. The van der Waals surface area contributed by atoms with Crippen molar-refractivity contribution in [1.82, 2.24) is 19.9 Å². The van der Waals surface area contributed by atoms with Crippen molar-refractivity contribution >= 4 is 40.1 Å². The minimum atomic E-state index is -4.87. The van der Waals surface area contributed by atoms with Crippen LogP contribution >= 0.6 is 23.2 Å². The third-order valence-corrected chi connectivity index (χ3v) is 4.45. The number of nitrogens with one attached hydrogen (secondary N) is 1. The van der Waals surface area contributed by atoms with Crippen molar-refractivity contribution in [2.24, 2.45) is 0 Å². The first-order valence-corrected chi connectivity index (χ1v) is 8.91. The van der Waals surface area contributed by atoms with Gasteiger partial charge in [0.05, 0.1) is 17.5 Å². The Hall–Kier alpha value is -2.79. The first kappa shape index (κ1) is 21.9. The summed E-state index contributed by atoms with van der Waals surface area (Å²) in [6.07, 6.45) is -3.46. The maximum Gasteiger partial charge on any atom is 0.409 e. The van der Waals surface area contributed by atoms with Crippen molar-refractivity contribution in [1.29, 1.82) is 0 Å². The van der Waals surface area contributed by atoms with Gasteiger partial charge in [0.1, 0.15) is 22.6 Å². The van der Waals surface area contributed by atoms with E-state index in [-0.39, 0.29) is 16.2 Å². The van der Waals surface area contributed by atoms with Crippen LogP contribution in [0.5, 0.6) is 0 Å². The normalized spacial score (nSPS) is 12.8. The second kappa shape index (κ2) is 8.15. The van der Waals surface area contributed by atoms with E-state index < -0.39 is 52.4 Å². The lowest BCUT2D eigenvalue weighted by atomic mass is 10.1. The Morgan fingerprint density at radius 1 is 1.27 bits per heavy atom. The quantitative estimate of drug-likeness (QED) is 0.362. The van der Waals surface area contributed by atoms with Crippen LogP contribution in [0.3, 0.4) is 0 Å². The van der Waals surface area contributed by atoms with Crippen LogP contribution < -0.4 is 10.7 Å². The van der Waals surface area contributed by atoms with E-state index in [9.17, 15) is 31.5 Å². The lowest BCUT2D eigenvalue weighted by Gasteiger charge is -2.19. The molecule has 1 N–H and O–H groups in total. The topological polar surface area (TPSA) is 76.9 Å². The smallest absolute Gasteiger partial charge is 0.339 e. The highest BCUT2D eigenvalue weighted by atomic mass is 35.5. The number of fused-ring (bicyclic) bond motifs is 1. The van der Waals surface area contributed by atoms with E-state index in [0.717, 1.165) is 16.8 Å². The third kappa shape index (κ3) is 4.21. The second-order valence-electron chi connectivity index (χ2n) is 5.93. The molecule has 6 nitrogen and oxygen atoms in total. The maximum atomic E-state index is 14.3. The molecule has 0 radical (unpaired) electrons. The van der Waals surface area contributed by atoms with Crippen LogP contribution in [0, 0.1) is 11.6 Å². The minimum absolute atomic E-state index is 0.102. The molecule has 3 heterocycles. The van der Waals surface area contributed by atoms with Gasteiger partial charge in [-0.1, -0.05) is 11.6 Å². The van der Waals surface area contributed by atoms with E-state index in [1.807, 2.05) is 0 Å². The van der Waals surface area contributed by atoms with Crippen LogP contribution in [0.2, 0.25) is 5.15 Å². The summed E-state index contributed by atoms with van der Waals surface area (Å²) in [7, 11) is 0. The number of aromatic nitrogens is 3. The molecule has 0 spiro atoms. The number of carbonyl (C=O) groups is 1. The summed E-state index contributed by atoms with van der Waals surface area (Å²) in [5, 5.41) is 1.25. The Labute approximate surface area is 174 Å². The molecule has 30 heavy (non-hydrogen) atoms. The average Bonchev–Trinajstić information content (AvgIpc) is 2.66. The maximum absolute atomic E-state index is 14.3. The van der Waals surface area contributed by atoms with Crippen LogP contribution in [-0.2, 0) is 0 Å². The van der Waals surface area contributed by atoms with E-state index in [1.54, 1.807) is 5.32 Å². The fourth-order valence-electron chi connectivity index (χ4n) is 2.53. The van der Waals surface area contributed by atoms with Gasteiger partial charge in [-0.25, -0.2) is 18.7 Å². The van der Waals surface area contributed by atoms with Gasteiger partial charge < -0.3 is 5.32 Å². The van der Waals surface area contributed by atoms with E-state index in [1.165, 1.54) is 6.07 Å². The molecule has 3 aromatic rings. The highest BCUT2D eigenvalue weighted by molar-refractivity contribution is 6.29. The Balaban J connectivity index is 2.24. The molecule has 158 valence electrons. The molecule has 1 atom stereocenters. The fourth-order valence-corrected chi connectivity index (χ4v) is 2.93. The van der Waals surface area contributed by atoms with E-state index >= 15 is 0 Å². The molecule has 0 saturated heterocycles. The number of carbonyl (C=O) groups excluding carboxylic acids is 1. The van der Waals surface area contributed by atoms with E-state index in [4.69, 9.17) is 23.2 Å². The van der Waals surface area contributed by atoms with Crippen molar-refractivity contribution in [3.05, 3.63) is 63.2 Å². The molecule has 0 bridgehead atoms. The zero-order valence-corrected chi connectivity index (χ0v) is 16.0. The molecule has 0 saturated carbocycles. The second-order valence-corrected chi connectivity index (χ2v) is 6.62. The molecule has 0 fully saturated rings. The first-order chi connectivity index (χ1) is 14.0. The molecule has 0 aliphatic carbocycles. The zero-order valence-electron chi connectivity index (χ0n) is 14.5. The fraction of sp³-hybridized carbons (Fsp3) is 0.176.